The standard InChI is InChI=1S/C13H13NS/c1-11(13-5-3-2-4-6-13)14-9-12-7-8-15-10-12/h2-11H,1H3. The summed E-state index contributed by atoms with van der Waals surface area (Å²) in [6, 6.07) is 12.6. The van der Waals surface area contributed by atoms with Crippen LogP contribution in [0.15, 0.2) is 52.2 Å². The Bertz CT molecular complexity index is 417. The molecule has 2 aromatic rings. The third kappa shape index (κ3) is 2.77. The molecule has 0 spiro atoms. The average Bonchev–Trinajstić information content (AvgIpc) is 2.80. The minimum Gasteiger partial charge on any atom is -0.285 e. The summed E-state index contributed by atoms with van der Waals surface area (Å²) in [5, 5.41) is 4.16. The Kier molecular flexibility index (Phi) is 3.30. The van der Waals surface area contributed by atoms with Crippen molar-refractivity contribution in [2.45, 2.75) is 13.0 Å². The van der Waals surface area contributed by atoms with Gasteiger partial charge in [0.15, 0.2) is 0 Å². The lowest BCUT2D eigenvalue weighted by Gasteiger charge is -2.04. The van der Waals surface area contributed by atoms with Gasteiger partial charge in [-0.1, -0.05) is 30.3 Å². The Morgan fingerprint density at radius 3 is 2.67 bits per heavy atom. The van der Waals surface area contributed by atoms with Crippen LogP contribution in [0.3, 0.4) is 0 Å². The van der Waals surface area contributed by atoms with E-state index in [1.165, 1.54) is 11.1 Å². The van der Waals surface area contributed by atoms with E-state index < -0.39 is 0 Å². The van der Waals surface area contributed by atoms with E-state index in [1.807, 2.05) is 24.4 Å². The Labute approximate surface area is 94.1 Å². The number of thiophene rings is 1. The highest BCUT2D eigenvalue weighted by molar-refractivity contribution is 7.08. The smallest absolute Gasteiger partial charge is 0.0721 e. The first-order valence-corrected chi connectivity index (χ1v) is 5.91. The van der Waals surface area contributed by atoms with Crippen LogP contribution in [-0.4, -0.2) is 6.21 Å². The molecular formula is C13H13NS. The molecule has 1 heterocycles. The summed E-state index contributed by atoms with van der Waals surface area (Å²) in [6.45, 7) is 2.11. The minimum absolute atomic E-state index is 0.228. The highest BCUT2D eigenvalue weighted by Gasteiger charge is 1.99. The molecule has 1 aromatic carbocycles. The van der Waals surface area contributed by atoms with Crippen molar-refractivity contribution in [2.24, 2.45) is 4.99 Å². The van der Waals surface area contributed by atoms with Crippen LogP contribution in [0.4, 0.5) is 0 Å². The molecule has 0 fully saturated rings. The second-order valence-electron chi connectivity index (χ2n) is 3.42. The van der Waals surface area contributed by atoms with Crippen molar-refractivity contribution >= 4 is 17.6 Å². The molecule has 0 aliphatic carbocycles. The summed E-state index contributed by atoms with van der Waals surface area (Å²) in [5.41, 5.74) is 2.44. The molecule has 1 unspecified atom stereocenters. The summed E-state index contributed by atoms with van der Waals surface area (Å²) in [7, 11) is 0. The van der Waals surface area contributed by atoms with Gasteiger partial charge in [0, 0.05) is 11.8 Å². The van der Waals surface area contributed by atoms with E-state index in [-0.39, 0.29) is 6.04 Å². The van der Waals surface area contributed by atoms with Crippen LogP contribution in [0.25, 0.3) is 0 Å². The van der Waals surface area contributed by atoms with Gasteiger partial charge < -0.3 is 0 Å². The van der Waals surface area contributed by atoms with E-state index >= 15 is 0 Å². The molecule has 76 valence electrons. The number of rotatable bonds is 3. The average molecular weight is 215 g/mol. The van der Waals surface area contributed by atoms with Crippen LogP contribution in [0.2, 0.25) is 0 Å². The van der Waals surface area contributed by atoms with E-state index in [2.05, 4.69) is 40.9 Å². The summed E-state index contributed by atoms with van der Waals surface area (Å²) in [5.74, 6) is 0. The van der Waals surface area contributed by atoms with Gasteiger partial charge in [-0.2, -0.15) is 11.3 Å². The fraction of sp³-hybridized carbons (Fsp3) is 0.154. The molecule has 2 heteroatoms. The van der Waals surface area contributed by atoms with Gasteiger partial charge in [-0.05, 0) is 29.3 Å². The molecule has 0 aliphatic heterocycles. The second-order valence-corrected chi connectivity index (χ2v) is 4.20. The number of aliphatic imine (C=N–C) groups is 1. The number of benzene rings is 1. The van der Waals surface area contributed by atoms with Gasteiger partial charge in [-0.15, -0.1) is 0 Å². The van der Waals surface area contributed by atoms with Gasteiger partial charge in [0.2, 0.25) is 0 Å². The van der Waals surface area contributed by atoms with E-state index in [9.17, 15) is 0 Å². The van der Waals surface area contributed by atoms with Crippen molar-refractivity contribution in [1.29, 1.82) is 0 Å². The molecule has 2 rings (SSSR count). The lowest BCUT2D eigenvalue weighted by Crippen LogP contribution is -1.89. The molecule has 0 radical (unpaired) electrons. The second kappa shape index (κ2) is 4.89. The van der Waals surface area contributed by atoms with Crippen molar-refractivity contribution in [3.8, 4) is 0 Å². The van der Waals surface area contributed by atoms with Crippen LogP contribution in [0.5, 0.6) is 0 Å². The van der Waals surface area contributed by atoms with Crippen LogP contribution >= 0.6 is 11.3 Å². The molecule has 1 aromatic heterocycles. The molecule has 0 bridgehead atoms. The molecule has 1 nitrogen and oxygen atoms in total. The summed E-state index contributed by atoms with van der Waals surface area (Å²) < 4.78 is 0. The molecule has 0 N–H and O–H groups in total. The largest absolute Gasteiger partial charge is 0.285 e. The maximum atomic E-state index is 4.52. The number of hydrogen-bond donors (Lipinski definition) is 0. The van der Waals surface area contributed by atoms with Crippen molar-refractivity contribution in [2.75, 3.05) is 0 Å². The monoisotopic (exact) mass is 215 g/mol. The van der Waals surface area contributed by atoms with Crippen LogP contribution in [0.1, 0.15) is 24.1 Å². The Morgan fingerprint density at radius 1 is 1.20 bits per heavy atom. The predicted octanol–water partition coefficient (Wildman–Crippen LogP) is 3.93. The van der Waals surface area contributed by atoms with Crippen molar-refractivity contribution in [3.05, 3.63) is 58.3 Å². The van der Waals surface area contributed by atoms with Crippen molar-refractivity contribution in [3.63, 3.8) is 0 Å². The van der Waals surface area contributed by atoms with E-state index in [1.54, 1.807) is 11.3 Å². The van der Waals surface area contributed by atoms with Crippen LogP contribution < -0.4 is 0 Å². The zero-order valence-electron chi connectivity index (χ0n) is 8.63. The first-order chi connectivity index (χ1) is 7.36. The first kappa shape index (κ1) is 10.1. The molecule has 1 atom stereocenters. The minimum atomic E-state index is 0.228. The zero-order chi connectivity index (χ0) is 10.5. The molecule has 0 aliphatic rings. The SMILES string of the molecule is CC(N=Cc1ccsc1)c1ccccc1. The maximum absolute atomic E-state index is 4.52. The normalized spacial score (nSPS) is 13.1. The fourth-order valence-corrected chi connectivity index (χ4v) is 1.97. The van der Waals surface area contributed by atoms with Crippen molar-refractivity contribution < 1.29 is 0 Å². The first-order valence-electron chi connectivity index (χ1n) is 4.96. The van der Waals surface area contributed by atoms with E-state index in [0.717, 1.165) is 0 Å². The lowest BCUT2D eigenvalue weighted by molar-refractivity contribution is 0.825. The Hall–Kier alpha value is -1.41. The molecule has 0 saturated carbocycles. The summed E-state index contributed by atoms with van der Waals surface area (Å²) in [4.78, 5) is 4.52. The maximum Gasteiger partial charge on any atom is 0.0721 e. The van der Waals surface area contributed by atoms with Gasteiger partial charge >= 0.3 is 0 Å². The highest BCUT2D eigenvalue weighted by atomic mass is 32.1. The third-order valence-corrected chi connectivity index (χ3v) is 2.97. The quantitative estimate of drug-likeness (QED) is 0.688. The van der Waals surface area contributed by atoms with Crippen LogP contribution in [-0.2, 0) is 0 Å². The predicted molar refractivity (Wildman–Crippen MR) is 66.8 cm³/mol. The fourth-order valence-electron chi connectivity index (χ4n) is 1.36. The molecule has 0 saturated heterocycles. The Balaban J connectivity index is 2.07. The number of nitrogens with zero attached hydrogens (tertiary/aromatic N) is 1. The third-order valence-electron chi connectivity index (χ3n) is 2.27. The van der Waals surface area contributed by atoms with Gasteiger partial charge in [0.05, 0.1) is 6.04 Å². The van der Waals surface area contributed by atoms with Gasteiger partial charge in [0.25, 0.3) is 0 Å². The topological polar surface area (TPSA) is 12.4 Å². The van der Waals surface area contributed by atoms with Gasteiger partial charge in [-0.3, -0.25) is 4.99 Å². The summed E-state index contributed by atoms with van der Waals surface area (Å²) >= 11 is 1.70. The highest BCUT2D eigenvalue weighted by Crippen LogP contribution is 2.15. The molecule has 15 heavy (non-hydrogen) atoms. The van der Waals surface area contributed by atoms with Crippen LogP contribution in [0, 0.1) is 0 Å². The number of hydrogen-bond acceptors (Lipinski definition) is 2. The van der Waals surface area contributed by atoms with Gasteiger partial charge in [0.1, 0.15) is 0 Å². The van der Waals surface area contributed by atoms with Gasteiger partial charge in [-0.25, -0.2) is 0 Å². The lowest BCUT2D eigenvalue weighted by atomic mass is 10.1. The molecule has 0 amide bonds. The van der Waals surface area contributed by atoms with E-state index in [4.69, 9.17) is 0 Å². The zero-order valence-corrected chi connectivity index (χ0v) is 9.45. The Morgan fingerprint density at radius 2 is 2.00 bits per heavy atom. The van der Waals surface area contributed by atoms with Crippen molar-refractivity contribution in [1.82, 2.24) is 0 Å². The summed E-state index contributed by atoms with van der Waals surface area (Å²) in [6.07, 6.45) is 1.94. The van der Waals surface area contributed by atoms with E-state index in [0.29, 0.717) is 0 Å². The molecular weight excluding hydrogens is 202 g/mol.